The first-order valence-corrected chi connectivity index (χ1v) is 12.1. The molecule has 0 N–H and O–H groups in total. The first kappa shape index (κ1) is 23.7. The van der Waals surface area contributed by atoms with E-state index in [0.29, 0.717) is 30.7 Å². The van der Waals surface area contributed by atoms with E-state index >= 15 is 0 Å². The molecule has 170 valence electrons. The van der Waals surface area contributed by atoms with Crippen molar-refractivity contribution in [3.05, 3.63) is 36.8 Å². The monoisotopic (exact) mass is 542 g/mol. The number of carbonyl (C=O) groups excluding carboxylic acids is 1. The molecule has 1 aliphatic carbocycles. The average molecular weight is 542 g/mol. The third kappa shape index (κ3) is 4.80. The summed E-state index contributed by atoms with van der Waals surface area (Å²) in [6.07, 6.45) is 6.65. The molecule has 3 rings (SSSR count). The summed E-state index contributed by atoms with van der Waals surface area (Å²) < 4.78 is 12.0. The van der Waals surface area contributed by atoms with Crippen molar-refractivity contribution >= 4 is 39.7 Å². The number of nitrogens with zero attached hydrogens (tertiary/aromatic N) is 4. The fourth-order valence-electron chi connectivity index (χ4n) is 4.00. The first-order chi connectivity index (χ1) is 14.7. The number of hydrogen-bond acceptors (Lipinski definition) is 5. The number of esters is 1. The lowest BCUT2D eigenvalue weighted by Crippen LogP contribution is -2.40. The van der Waals surface area contributed by atoms with E-state index in [1.807, 2.05) is 17.1 Å². The molecule has 2 heterocycles. The Kier molecular flexibility index (Phi) is 7.43. The number of allylic oxidation sites excluding steroid dienone is 1. The number of imidazole rings is 1. The lowest BCUT2D eigenvalue weighted by atomic mass is 9.98. The lowest BCUT2D eigenvalue weighted by molar-refractivity contribution is -0.156. The van der Waals surface area contributed by atoms with Gasteiger partial charge in [0.25, 0.3) is 5.56 Å². The van der Waals surface area contributed by atoms with Crippen LogP contribution in [-0.2, 0) is 29.4 Å². The quantitative estimate of drug-likeness (QED) is 0.391. The largest absolute Gasteiger partial charge is 0.443 e. The topological polar surface area (TPSA) is 88.1 Å². The highest BCUT2D eigenvalue weighted by Crippen LogP contribution is 2.34. The van der Waals surface area contributed by atoms with E-state index in [4.69, 9.17) is 9.72 Å². The Bertz CT molecular complexity index is 1100. The standard InChI is InChI=1S/C22H31IN4O4/c1-5-12-26-19(28)16-18(25(21(26)30)13-8-11-23)24-17(15-9-6-7-10-15)27(16)14-31-20(29)22(2,3)4/h8,11,15H,5-7,9-10,12-14H2,1-4H3/b11-8+. The molecule has 9 heteroatoms. The van der Waals surface area contributed by atoms with Crippen molar-refractivity contribution in [3.8, 4) is 0 Å². The highest BCUT2D eigenvalue weighted by Gasteiger charge is 2.29. The second kappa shape index (κ2) is 9.70. The summed E-state index contributed by atoms with van der Waals surface area (Å²) in [6, 6.07) is 0. The summed E-state index contributed by atoms with van der Waals surface area (Å²) >= 11 is 2.10. The predicted molar refractivity (Wildman–Crippen MR) is 128 cm³/mol. The number of ether oxygens (including phenoxy) is 1. The van der Waals surface area contributed by atoms with Crippen LogP contribution in [0.3, 0.4) is 0 Å². The van der Waals surface area contributed by atoms with E-state index in [-0.39, 0.29) is 29.9 Å². The van der Waals surface area contributed by atoms with Gasteiger partial charge in [-0.25, -0.2) is 9.78 Å². The summed E-state index contributed by atoms with van der Waals surface area (Å²) in [5.41, 5.74) is -0.688. The maximum atomic E-state index is 13.4. The van der Waals surface area contributed by atoms with Gasteiger partial charge in [0.1, 0.15) is 5.82 Å². The SMILES string of the molecule is CCCn1c(=O)c2c(nc(C3CCCC3)n2COC(=O)C(C)(C)C)n(C/C=C/I)c1=O. The summed E-state index contributed by atoms with van der Waals surface area (Å²) in [6.45, 7) is 7.88. The molecule has 0 radical (unpaired) electrons. The molecule has 0 spiro atoms. The van der Waals surface area contributed by atoms with Crippen molar-refractivity contribution < 1.29 is 9.53 Å². The van der Waals surface area contributed by atoms with Gasteiger partial charge in [0.2, 0.25) is 0 Å². The third-order valence-corrected chi connectivity index (χ3v) is 6.13. The van der Waals surface area contributed by atoms with Crippen LogP contribution in [0.25, 0.3) is 11.2 Å². The van der Waals surface area contributed by atoms with E-state index in [0.717, 1.165) is 31.5 Å². The molecule has 0 saturated heterocycles. The Labute approximate surface area is 195 Å². The van der Waals surface area contributed by atoms with Gasteiger partial charge in [0, 0.05) is 19.0 Å². The molecule has 8 nitrogen and oxygen atoms in total. The molecule has 0 unspecified atom stereocenters. The molecule has 0 aliphatic heterocycles. The fraction of sp³-hybridized carbons (Fsp3) is 0.636. The van der Waals surface area contributed by atoms with Crippen LogP contribution in [0.2, 0.25) is 0 Å². The maximum absolute atomic E-state index is 13.4. The highest BCUT2D eigenvalue weighted by atomic mass is 127. The van der Waals surface area contributed by atoms with Crippen LogP contribution in [0.5, 0.6) is 0 Å². The minimum absolute atomic E-state index is 0.0832. The molecule has 0 atom stereocenters. The van der Waals surface area contributed by atoms with Crippen LogP contribution in [0, 0.1) is 5.41 Å². The number of aromatic nitrogens is 4. The van der Waals surface area contributed by atoms with Crippen molar-refractivity contribution in [2.24, 2.45) is 5.41 Å². The van der Waals surface area contributed by atoms with Crippen molar-refractivity contribution in [2.45, 2.75) is 85.5 Å². The van der Waals surface area contributed by atoms with Crippen LogP contribution in [0.4, 0.5) is 0 Å². The van der Waals surface area contributed by atoms with E-state index in [2.05, 4.69) is 22.6 Å². The van der Waals surface area contributed by atoms with Crippen molar-refractivity contribution in [1.82, 2.24) is 18.7 Å². The number of fused-ring (bicyclic) bond motifs is 1. The molecule has 1 saturated carbocycles. The third-order valence-electron chi connectivity index (χ3n) is 5.63. The molecule has 0 amide bonds. The molecule has 2 aromatic heterocycles. The van der Waals surface area contributed by atoms with Gasteiger partial charge in [-0.1, -0.05) is 48.4 Å². The predicted octanol–water partition coefficient (Wildman–Crippen LogP) is 3.92. The molecule has 0 aromatic carbocycles. The van der Waals surface area contributed by atoms with Gasteiger partial charge >= 0.3 is 11.7 Å². The fourth-order valence-corrected chi connectivity index (χ4v) is 4.23. The number of hydrogen-bond donors (Lipinski definition) is 0. The minimum Gasteiger partial charge on any atom is -0.443 e. The van der Waals surface area contributed by atoms with Gasteiger partial charge in [0.05, 0.1) is 5.41 Å². The molecule has 2 aromatic rings. The second-order valence-electron chi connectivity index (χ2n) is 9.07. The highest BCUT2D eigenvalue weighted by molar-refractivity contribution is 14.1. The molecule has 1 aliphatic rings. The lowest BCUT2D eigenvalue weighted by Gasteiger charge is -2.19. The zero-order chi connectivity index (χ0) is 22.8. The van der Waals surface area contributed by atoms with Gasteiger partial charge in [-0.15, -0.1) is 0 Å². The van der Waals surface area contributed by atoms with Crippen molar-refractivity contribution in [3.63, 3.8) is 0 Å². The van der Waals surface area contributed by atoms with Crippen molar-refractivity contribution in [1.29, 1.82) is 0 Å². The number of carbonyl (C=O) groups is 1. The summed E-state index contributed by atoms with van der Waals surface area (Å²) in [5.74, 6) is 0.567. The van der Waals surface area contributed by atoms with Gasteiger partial charge < -0.3 is 4.74 Å². The molecule has 0 bridgehead atoms. The Balaban J connectivity index is 2.25. The summed E-state index contributed by atoms with van der Waals surface area (Å²) in [4.78, 5) is 43.7. The normalized spacial score (nSPS) is 15.4. The Morgan fingerprint density at radius 1 is 1.19 bits per heavy atom. The van der Waals surface area contributed by atoms with Gasteiger partial charge in [-0.05, 0) is 44.1 Å². The van der Waals surface area contributed by atoms with Crippen LogP contribution >= 0.6 is 22.6 Å². The van der Waals surface area contributed by atoms with Gasteiger partial charge in [-0.3, -0.25) is 23.3 Å². The zero-order valence-corrected chi connectivity index (χ0v) is 20.8. The summed E-state index contributed by atoms with van der Waals surface area (Å²) in [5, 5.41) is 0. The second-order valence-corrected chi connectivity index (χ2v) is 9.79. The smallest absolute Gasteiger partial charge is 0.333 e. The van der Waals surface area contributed by atoms with E-state index in [1.165, 1.54) is 4.57 Å². The minimum atomic E-state index is -0.653. The van der Waals surface area contributed by atoms with Gasteiger partial charge in [-0.2, -0.15) is 0 Å². The van der Waals surface area contributed by atoms with Crippen LogP contribution < -0.4 is 11.2 Å². The molecular formula is C22H31IN4O4. The average Bonchev–Trinajstić information content (AvgIpc) is 3.36. The van der Waals surface area contributed by atoms with E-state index in [1.54, 1.807) is 29.9 Å². The van der Waals surface area contributed by atoms with E-state index in [9.17, 15) is 14.4 Å². The summed E-state index contributed by atoms with van der Waals surface area (Å²) in [7, 11) is 0. The molecule has 31 heavy (non-hydrogen) atoms. The Morgan fingerprint density at radius 3 is 2.45 bits per heavy atom. The van der Waals surface area contributed by atoms with Crippen LogP contribution in [0.1, 0.15) is 71.5 Å². The number of rotatable bonds is 7. The number of halogens is 1. The van der Waals surface area contributed by atoms with E-state index < -0.39 is 5.41 Å². The molecular weight excluding hydrogens is 511 g/mol. The van der Waals surface area contributed by atoms with Crippen molar-refractivity contribution in [2.75, 3.05) is 0 Å². The molecule has 1 fully saturated rings. The van der Waals surface area contributed by atoms with Gasteiger partial charge in [0.15, 0.2) is 17.9 Å². The van der Waals surface area contributed by atoms with Crippen LogP contribution in [0.15, 0.2) is 19.7 Å². The Morgan fingerprint density at radius 2 is 1.87 bits per heavy atom. The van der Waals surface area contributed by atoms with Crippen LogP contribution in [-0.4, -0.2) is 24.7 Å². The zero-order valence-electron chi connectivity index (χ0n) is 18.7. The maximum Gasteiger partial charge on any atom is 0.333 e. The Hall–Kier alpha value is -1.91. The first-order valence-electron chi connectivity index (χ1n) is 10.9.